The summed E-state index contributed by atoms with van der Waals surface area (Å²) < 4.78 is 0. The second kappa shape index (κ2) is 5.85. The summed E-state index contributed by atoms with van der Waals surface area (Å²) in [6.45, 7) is 8.55. The Balaban J connectivity index is 2.07. The maximum atomic E-state index is 5.86. The van der Waals surface area contributed by atoms with Crippen molar-refractivity contribution in [1.29, 1.82) is 0 Å². The molecule has 1 atom stereocenters. The molecule has 3 nitrogen and oxygen atoms in total. The van der Waals surface area contributed by atoms with E-state index in [1.54, 1.807) is 11.3 Å². The predicted octanol–water partition coefficient (Wildman–Crippen LogP) is 3.08. The van der Waals surface area contributed by atoms with Crippen molar-refractivity contribution in [3.8, 4) is 0 Å². The molecule has 1 aliphatic rings. The lowest BCUT2D eigenvalue weighted by atomic mass is 9.93. The summed E-state index contributed by atoms with van der Waals surface area (Å²) in [4.78, 5) is 7.78. The highest BCUT2D eigenvalue weighted by atomic mass is 32.1. The first-order valence-electron chi connectivity index (χ1n) is 6.86. The summed E-state index contributed by atoms with van der Waals surface area (Å²) in [6.07, 6.45) is 3.55. The standard InChI is InChI=1S/C14H23N3S2/c1-14(2,3)11-9-19-12(16-11)8-17-7-5-4-6-10(17)13(15)18/h9-10H,4-8H2,1-3H3,(H2,15,18). The van der Waals surface area contributed by atoms with Gasteiger partial charge >= 0.3 is 0 Å². The summed E-state index contributed by atoms with van der Waals surface area (Å²) in [7, 11) is 0. The number of hydrogen-bond acceptors (Lipinski definition) is 4. The van der Waals surface area contributed by atoms with Gasteiger partial charge in [0.1, 0.15) is 5.01 Å². The van der Waals surface area contributed by atoms with Crippen LogP contribution in [0.25, 0.3) is 0 Å². The second-order valence-electron chi connectivity index (χ2n) is 6.26. The Labute approximate surface area is 125 Å². The minimum absolute atomic E-state index is 0.124. The Morgan fingerprint density at radius 2 is 2.26 bits per heavy atom. The molecule has 2 heterocycles. The van der Waals surface area contributed by atoms with E-state index in [2.05, 4.69) is 31.1 Å². The van der Waals surface area contributed by atoms with Gasteiger partial charge in [-0.2, -0.15) is 0 Å². The number of nitrogens with zero attached hydrogens (tertiary/aromatic N) is 2. The third-order valence-electron chi connectivity index (χ3n) is 3.60. The summed E-state index contributed by atoms with van der Waals surface area (Å²) >= 11 is 6.94. The predicted molar refractivity (Wildman–Crippen MR) is 85.6 cm³/mol. The minimum Gasteiger partial charge on any atom is -0.392 e. The normalized spacial score (nSPS) is 21.5. The lowest BCUT2D eigenvalue weighted by Gasteiger charge is -2.34. The number of likely N-dealkylation sites (tertiary alicyclic amines) is 1. The van der Waals surface area contributed by atoms with Crippen LogP contribution in [0.1, 0.15) is 50.7 Å². The van der Waals surface area contributed by atoms with Crippen LogP contribution in [0.2, 0.25) is 0 Å². The molecule has 2 rings (SSSR count). The van der Waals surface area contributed by atoms with Gasteiger partial charge in [-0.3, -0.25) is 4.90 Å². The zero-order valence-electron chi connectivity index (χ0n) is 12.0. The number of rotatable bonds is 3. The molecule has 106 valence electrons. The van der Waals surface area contributed by atoms with Crippen molar-refractivity contribution >= 4 is 28.5 Å². The molecule has 1 unspecified atom stereocenters. The number of aromatic nitrogens is 1. The Hall–Kier alpha value is -0.520. The zero-order valence-corrected chi connectivity index (χ0v) is 13.6. The van der Waals surface area contributed by atoms with Gasteiger partial charge < -0.3 is 5.73 Å². The van der Waals surface area contributed by atoms with Gasteiger partial charge in [-0.1, -0.05) is 39.4 Å². The maximum Gasteiger partial charge on any atom is 0.107 e. The SMILES string of the molecule is CC(C)(C)c1csc(CN2CCCCC2C(N)=S)n1. The molecule has 0 aliphatic carbocycles. The summed E-state index contributed by atoms with van der Waals surface area (Å²) in [5.41, 5.74) is 7.16. The van der Waals surface area contributed by atoms with Crippen LogP contribution < -0.4 is 5.73 Å². The molecule has 1 aromatic heterocycles. The molecular formula is C14H23N3S2. The van der Waals surface area contributed by atoms with Gasteiger partial charge in [-0.15, -0.1) is 11.3 Å². The fourth-order valence-electron chi connectivity index (χ4n) is 2.40. The number of hydrogen-bond donors (Lipinski definition) is 1. The molecule has 1 fully saturated rings. The van der Waals surface area contributed by atoms with E-state index in [-0.39, 0.29) is 11.5 Å². The van der Waals surface area contributed by atoms with E-state index in [0.717, 1.165) is 19.5 Å². The Bertz CT molecular complexity index is 448. The number of piperidine rings is 1. The zero-order chi connectivity index (χ0) is 14.0. The van der Waals surface area contributed by atoms with Gasteiger partial charge in [0.25, 0.3) is 0 Å². The Morgan fingerprint density at radius 3 is 2.84 bits per heavy atom. The van der Waals surface area contributed by atoms with Crippen LogP contribution in [0.15, 0.2) is 5.38 Å². The first-order chi connectivity index (χ1) is 8.88. The summed E-state index contributed by atoms with van der Waals surface area (Å²) in [6, 6.07) is 0.255. The molecule has 1 aromatic rings. The van der Waals surface area contributed by atoms with Gasteiger partial charge in [-0.05, 0) is 19.4 Å². The highest BCUT2D eigenvalue weighted by Gasteiger charge is 2.26. The van der Waals surface area contributed by atoms with Crippen molar-refractivity contribution < 1.29 is 0 Å². The lowest BCUT2D eigenvalue weighted by molar-refractivity contribution is 0.184. The van der Waals surface area contributed by atoms with Crippen molar-refractivity contribution in [1.82, 2.24) is 9.88 Å². The van der Waals surface area contributed by atoms with Gasteiger partial charge in [0.15, 0.2) is 0 Å². The van der Waals surface area contributed by atoms with Gasteiger partial charge in [0, 0.05) is 10.8 Å². The smallest absolute Gasteiger partial charge is 0.107 e. The van der Waals surface area contributed by atoms with Gasteiger partial charge in [0.2, 0.25) is 0 Å². The molecule has 1 saturated heterocycles. The number of nitrogens with two attached hydrogens (primary N) is 1. The first kappa shape index (κ1) is 14.9. The van der Waals surface area contributed by atoms with E-state index < -0.39 is 0 Å². The van der Waals surface area contributed by atoms with E-state index in [4.69, 9.17) is 22.9 Å². The third-order valence-corrected chi connectivity index (χ3v) is 4.71. The topological polar surface area (TPSA) is 42.1 Å². The van der Waals surface area contributed by atoms with Crippen LogP contribution in [0.3, 0.4) is 0 Å². The summed E-state index contributed by atoms with van der Waals surface area (Å²) in [5.74, 6) is 0. The van der Waals surface area contributed by atoms with Crippen LogP contribution in [0, 0.1) is 0 Å². The second-order valence-corrected chi connectivity index (χ2v) is 7.67. The van der Waals surface area contributed by atoms with Crippen LogP contribution in [-0.2, 0) is 12.0 Å². The molecular weight excluding hydrogens is 274 g/mol. The fraction of sp³-hybridized carbons (Fsp3) is 0.714. The van der Waals surface area contributed by atoms with Crippen molar-refractivity contribution in [2.24, 2.45) is 5.73 Å². The molecule has 5 heteroatoms. The Kier molecular flexibility index (Phi) is 4.58. The number of thiocarbonyl (C=S) groups is 1. The van der Waals surface area contributed by atoms with E-state index in [0.29, 0.717) is 4.99 Å². The van der Waals surface area contributed by atoms with Crippen LogP contribution in [0.5, 0.6) is 0 Å². The third kappa shape index (κ3) is 3.74. The van der Waals surface area contributed by atoms with E-state index in [1.165, 1.54) is 23.5 Å². The first-order valence-corrected chi connectivity index (χ1v) is 8.15. The number of thiazole rings is 1. The molecule has 0 aromatic carbocycles. The quantitative estimate of drug-likeness (QED) is 0.871. The molecule has 1 aliphatic heterocycles. The van der Waals surface area contributed by atoms with Crippen LogP contribution in [-0.4, -0.2) is 27.5 Å². The monoisotopic (exact) mass is 297 g/mol. The van der Waals surface area contributed by atoms with Gasteiger partial charge in [-0.25, -0.2) is 4.98 Å². The van der Waals surface area contributed by atoms with Crippen LogP contribution >= 0.6 is 23.6 Å². The molecule has 0 spiro atoms. The highest BCUT2D eigenvalue weighted by molar-refractivity contribution is 7.80. The minimum atomic E-state index is 0.124. The lowest BCUT2D eigenvalue weighted by Crippen LogP contribution is -2.46. The molecule has 19 heavy (non-hydrogen) atoms. The van der Waals surface area contributed by atoms with E-state index in [1.807, 2.05) is 0 Å². The highest BCUT2D eigenvalue weighted by Crippen LogP contribution is 2.26. The molecule has 0 bridgehead atoms. The maximum absolute atomic E-state index is 5.86. The fourth-order valence-corrected chi connectivity index (χ4v) is 3.72. The van der Waals surface area contributed by atoms with Crippen molar-refractivity contribution in [2.45, 2.75) is 58.0 Å². The molecule has 0 radical (unpaired) electrons. The molecule has 0 amide bonds. The largest absolute Gasteiger partial charge is 0.392 e. The Morgan fingerprint density at radius 1 is 1.53 bits per heavy atom. The van der Waals surface area contributed by atoms with Crippen LogP contribution in [0.4, 0.5) is 0 Å². The average molecular weight is 297 g/mol. The van der Waals surface area contributed by atoms with E-state index in [9.17, 15) is 0 Å². The van der Waals surface area contributed by atoms with Crippen molar-refractivity contribution in [3.05, 3.63) is 16.1 Å². The van der Waals surface area contributed by atoms with E-state index >= 15 is 0 Å². The average Bonchev–Trinajstić information content (AvgIpc) is 2.77. The van der Waals surface area contributed by atoms with Crippen molar-refractivity contribution in [2.75, 3.05) is 6.54 Å². The van der Waals surface area contributed by atoms with Crippen molar-refractivity contribution in [3.63, 3.8) is 0 Å². The summed E-state index contributed by atoms with van der Waals surface area (Å²) in [5, 5.41) is 3.35. The van der Waals surface area contributed by atoms with Gasteiger partial charge in [0.05, 0.1) is 23.3 Å². The molecule has 0 saturated carbocycles. The molecule has 2 N–H and O–H groups in total.